The predicted octanol–water partition coefficient (Wildman–Crippen LogP) is 1.66. The van der Waals surface area contributed by atoms with E-state index < -0.39 is 9.28 Å². The normalized spacial score (nSPS) is 12.1. The van der Waals surface area contributed by atoms with Crippen LogP contribution >= 0.6 is 0 Å². The molecular formula is C11H16O3Si. The quantitative estimate of drug-likeness (QED) is 0.714. The van der Waals surface area contributed by atoms with Crippen molar-refractivity contribution in [3.8, 4) is 0 Å². The van der Waals surface area contributed by atoms with Crippen LogP contribution in [0.25, 0.3) is 0 Å². The van der Waals surface area contributed by atoms with Crippen LogP contribution in [-0.4, -0.2) is 22.4 Å². The summed E-state index contributed by atoms with van der Waals surface area (Å²) in [6.07, 6.45) is 0.902. The molecule has 15 heavy (non-hydrogen) atoms. The van der Waals surface area contributed by atoms with E-state index >= 15 is 0 Å². The summed E-state index contributed by atoms with van der Waals surface area (Å²) in [5.41, 5.74) is 1.25. The molecular weight excluding hydrogens is 208 g/mol. The van der Waals surface area contributed by atoms with Crippen molar-refractivity contribution in [3.63, 3.8) is 0 Å². The highest BCUT2D eigenvalue weighted by Gasteiger charge is 2.14. The van der Waals surface area contributed by atoms with Crippen LogP contribution in [0.1, 0.15) is 12.5 Å². The Balaban J connectivity index is 2.37. The highest BCUT2D eigenvalue weighted by atomic mass is 28.3. The molecule has 0 spiro atoms. The van der Waals surface area contributed by atoms with Gasteiger partial charge in [0.1, 0.15) is 0 Å². The van der Waals surface area contributed by atoms with Gasteiger partial charge in [0.2, 0.25) is 0 Å². The minimum atomic E-state index is -1.79. The summed E-state index contributed by atoms with van der Waals surface area (Å²) >= 11 is 0. The van der Waals surface area contributed by atoms with Gasteiger partial charge in [-0.2, -0.15) is 0 Å². The third-order valence-electron chi connectivity index (χ3n) is 2.07. The molecule has 1 rings (SSSR count). The molecule has 4 heteroatoms. The lowest BCUT2D eigenvalue weighted by atomic mass is 10.2. The van der Waals surface area contributed by atoms with E-state index in [0.717, 1.165) is 12.5 Å². The number of hydrogen-bond acceptors (Lipinski definition) is 3. The van der Waals surface area contributed by atoms with Gasteiger partial charge in [-0.25, -0.2) is 0 Å². The van der Waals surface area contributed by atoms with Crippen molar-refractivity contribution in [2.24, 2.45) is 0 Å². The van der Waals surface area contributed by atoms with Crippen molar-refractivity contribution < 1.29 is 13.6 Å². The Morgan fingerprint density at radius 1 is 1.33 bits per heavy atom. The molecule has 0 aliphatic heterocycles. The summed E-state index contributed by atoms with van der Waals surface area (Å²) in [5, 5.41) is 0. The van der Waals surface area contributed by atoms with Crippen molar-refractivity contribution in [2.45, 2.75) is 19.4 Å². The third-order valence-corrected chi connectivity index (χ3v) is 3.95. The first kappa shape index (κ1) is 11.9. The van der Waals surface area contributed by atoms with Gasteiger partial charge in [0.25, 0.3) is 5.97 Å². The minimum Gasteiger partial charge on any atom is -0.497 e. The number of carbonyl (C=O) groups is 1. The lowest BCUT2D eigenvalue weighted by Crippen LogP contribution is -2.24. The molecule has 0 saturated heterocycles. The van der Waals surface area contributed by atoms with E-state index in [-0.39, 0.29) is 5.97 Å². The monoisotopic (exact) mass is 224 g/mol. The van der Waals surface area contributed by atoms with Crippen LogP contribution < -0.4 is 0 Å². The van der Waals surface area contributed by atoms with Gasteiger partial charge in [-0.1, -0.05) is 30.3 Å². The Morgan fingerprint density at radius 3 is 2.53 bits per heavy atom. The average molecular weight is 224 g/mol. The van der Waals surface area contributed by atoms with Crippen LogP contribution in [0.5, 0.6) is 0 Å². The summed E-state index contributed by atoms with van der Waals surface area (Å²) in [6.45, 7) is 1.42. The smallest absolute Gasteiger partial charge is 0.385 e. The summed E-state index contributed by atoms with van der Waals surface area (Å²) in [5.74, 6) is -0.249. The maximum atomic E-state index is 10.8. The molecule has 3 nitrogen and oxygen atoms in total. The van der Waals surface area contributed by atoms with Gasteiger partial charge in [0, 0.05) is 20.1 Å². The number of aryl methyl sites for hydroxylation is 1. The fourth-order valence-corrected chi connectivity index (χ4v) is 2.73. The largest absolute Gasteiger partial charge is 0.497 e. The molecule has 1 aromatic carbocycles. The van der Waals surface area contributed by atoms with Crippen LogP contribution in [0, 0.1) is 0 Å². The topological polar surface area (TPSA) is 35.5 Å². The van der Waals surface area contributed by atoms with Crippen molar-refractivity contribution in [1.82, 2.24) is 0 Å². The highest BCUT2D eigenvalue weighted by molar-refractivity contribution is 6.46. The Kier molecular flexibility index (Phi) is 5.07. The first-order valence-corrected chi connectivity index (χ1v) is 6.72. The molecule has 0 radical (unpaired) electrons. The summed E-state index contributed by atoms with van der Waals surface area (Å²) in [7, 11) is -0.188. The van der Waals surface area contributed by atoms with E-state index in [9.17, 15) is 4.79 Å². The molecule has 0 aromatic heterocycles. The van der Waals surface area contributed by atoms with Crippen LogP contribution in [0.3, 0.4) is 0 Å². The van der Waals surface area contributed by atoms with Crippen molar-refractivity contribution in [3.05, 3.63) is 35.9 Å². The van der Waals surface area contributed by atoms with Crippen molar-refractivity contribution >= 4 is 15.3 Å². The molecule has 0 bridgehead atoms. The third kappa shape index (κ3) is 4.76. The first-order valence-electron chi connectivity index (χ1n) is 4.96. The predicted molar refractivity (Wildman–Crippen MR) is 60.9 cm³/mol. The second kappa shape index (κ2) is 6.37. The molecule has 0 N–H and O–H groups in total. The fraction of sp³-hybridized carbons (Fsp3) is 0.364. The zero-order chi connectivity index (χ0) is 11.1. The van der Waals surface area contributed by atoms with Crippen LogP contribution in [0.2, 0.25) is 6.04 Å². The lowest BCUT2D eigenvalue weighted by Gasteiger charge is -2.12. The van der Waals surface area contributed by atoms with Gasteiger partial charge in [0.05, 0.1) is 0 Å². The molecule has 0 aliphatic rings. The fourth-order valence-electron chi connectivity index (χ4n) is 1.34. The zero-order valence-corrected chi connectivity index (χ0v) is 10.3. The molecule has 0 heterocycles. The van der Waals surface area contributed by atoms with E-state index in [1.54, 1.807) is 7.11 Å². The highest BCUT2D eigenvalue weighted by Crippen LogP contribution is 2.06. The lowest BCUT2D eigenvalue weighted by molar-refractivity contribution is -0.133. The molecule has 0 saturated carbocycles. The Bertz CT molecular complexity index is 300. The van der Waals surface area contributed by atoms with Gasteiger partial charge >= 0.3 is 9.28 Å². The van der Waals surface area contributed by atoms with Gasteiger partial charge < -0.3 is 8.85 Å². The minimum absolute atomic E-state index is 0.249. The zero-order valence-electron chi connectivity index (χ0n) is 9.10. The van der Waals surface area contributed by atoms with Crippen LogP contribution in [0.4, 0.5) is 0 Å². The van der Waals surface area contributed by atoms with E-state index in [4.69, 9.17) is 8.85 Å². The Labute approximate surface area is 91.9 Å². The maximum absolute atomic E-state index is 10.8. The second-order valence-electron chi connectivity index (χ2n) is 3.30. The van der Waals surface area contributed by atoms with E-state index in [1.165, 1.54) is 12.5 Å². The van der Waals surface area contributed by atoms with Gasteiger partial charge in [-0.3, -0.25) is 4.79 Å². The maximum Gasteiger partial charge on any atom is 0.385 e. The summed E-state index contributed by atoms with van der Waals surface area (Å²) < 4.78 is 10.3. The first-order chi connectivity index (χ1) is 7.22. The Hall–Kier alpha value is -1.13. The van der Waals surface area contributed by atoms with Gasteiger partial charge in [0.15, 0.2) is 0 Å². The molecule has 82 valence electrons. The number of hydrogen-bond donors (Lipinski definition) is 0. The van der Waals surface area contributed by atoms with Gasteiger partial charge in [-0.05, 0) is 12.0 Å². The van der Waals surface area contributed by atoms with Gasteiger partial charge in [-0.15, -0.1) is 0 Å². The summed E-state index contributed by atoms with van der Waals surface area (Å²) in [6, 6.07) is 10.9. The molecule has 0 amide bonds. The van der Waals surface area contributed by atoms with Crippen molar-refractivity contribution in [2.75, 3.05) is 7.11 Å². The number of carbonyl (C=O) groups excluding carboxylic acids is 1. The molecule has 0 fully saturated rings. The molecule has 1 atom stereocenters. The SMILES string of the molecule is CO[SiH](CCc1ccccc1)OC(C)=O. The number of rotatable bonds is 5. The standard InChI is InChI=1S/C11H16O3Si/c1-10(12)14-15(13-2)9-8-11-6-4-3-5-7-11/h3-7,15H,8-9H2,1-2H3. The van der Waals surface area contributed by atoms with E-state index in [0.29, 0.717) is 0 Å². The Morgan fingerprint density at radius 2 is 2.00 bits per heavy atom. The second-order valence-corrected chi connectivity index (χ2v) is 5.44. The molecule has 1 aromatic rings. The van der Waals surface area contributed by atoms with E-state index in [2.05, 4.69) is 12.1 Å². The molecule has 1 unspecified atom stereocenters. The number of benzene rings is 1. The van der Waals surface area contributed by atoms with E-state index in [1.807, 2.05) is 18.2 Å². The molecule has 0 aliphatic carbocycles. The average Bonchev–Trinajstić information content (AvgIpc) is 2.25. The van der Waals surface area contributed by atoms with Crippen LogP contribution in [0.15, 0.2) is 30.3 Å². The van der Waals surface area contributed by atoms with Crippen LogP contribution in [-0.2, 0) is 20.1 Å². The van der Waals surface area contributed by atoms with Crippen molar-refractivity contribution in [1.29, 1.82) is 0 Å². The summed E-state index contributed by atoms with van der Waals surface area (Å²) in [4.78, 5) is 10.8.